The number of halogens is 2. The smallest absolute Gasteiger partial charge is 0.243 e. The van der Waals surface area contributed by atoms with E-state index < -0.39 is 21.8 Å². The topological polar surface area (TPSA) is 75.7 Å². The SMILES string of the molecule is COc1ccc(S(=O)(=O)N2CCC[C@@H](C(=O)Nc3cccc(F)c3)C2)cc1Cl. The van der Waals surface area contributed by atoms with Gasteiger partial charge in [0.25, 0.3) is 0 Å². The number of carbonyl (C=O) groups is 1. The van der Waals surface area contributed by atoms with Crippen LogP contribution in [0.15, 0.2) is 47.4 Å². The zero-order chi connectivity index (χ0) is 20.3. The van der Waals surface area contributed by atoms with Crippen LogP contribution in [0.3, 0.4) is 0 Å². The second-order valence-corrected chi connectivity index (χ2v) is 8.84. The van der Waals surface area contributed by atoms with Crippen molar-refractivity contribution in [2.75, 3.05) is 25.5 Å². The molecule has 1 aliphatic heterocycles. The predicted octanol–water partition coefficient (Wildman–Crippen LogP) is 3.53. The monoisotopic (exact) mass is 426 g/mol. The van der Waals surface area contributed by atoms with Crippen molar-refractivity contribution < 1.29 is 22.3 Å². The maximum Gasteiger partial charge on any atom is 0.243 e. The Hall–Kier alpha value is -2.16. The molecule has 6 nitrogen and oxygen atoms in total. The van der Waals surface area contributed by atoms with Crippen LogP contribution in [0.25, 0.3) is 0 Å². The van der Waals surface area contributed by atoms with Crippen molar-refractivity contribution >= 4 is 33.2 Å². The lowest BCUT2D eigenvalue weighted by atomic mass is 9.99. The summed E-state index contributed by atoms with van der Waals surface area (Å²) in [6, 6.07) is 9.84. The van der Waals surface area contributed by atoms with Crippen LogP contribution in [-0.4, -0.2) is 38.8 Å². The molecule has 3 rings (SSSR count). The van der Waals surface area contributed by atoms with E-state index >= 15 is 0 Å². The number of ether oxygens (including phenoxy) is 1. The average Bonchev–Trinajstić information content (AvgIpc) is 2.68. The number of methoxy groups -OCH3 is 1. The number of hydrogen-bond acceptors (Lipinski definition) is 4. The van der Waals surface area contributed by atoms with E-state index in [4.69, 9.17) is 16.3 Å². The molecule has 2 aromatic rings. The summed E-state index contributed by atoms with van der Waals surface area (Å²) >= 11 is 6.05. The van der Waals surface area contributed by atoms with E-state index in [1.54, 1.807) is 6.07 Å². The van der Waals surface area contributed by atoms with Crippen molar-refractivity contribution in [1.29, 1.82) is 0 Å². The summed E-state index contributed by atoms with van der Waals surface area (Å²) in [7, 11) is -2.36. The van der Waals surface area contributed by atoms with Gasteiger partial charge in [-0.15, -0.1) is 0 Å². The first-order valence-corrected chi connectivity index (χ1v) is 10.5. The largest absolute Gasteiger partial charge is 0.495 e. The number of nitrogens with zero attached hydrogens (tertiary/aromatic N) is 1. The minimum absolute atomic E-state index is 0.0458. The Labute approximate surface area is 168 Å². The summed E-state index contributed by atoms with van der Waals surface area (Å²) in [4.78, 5) is 12.6. The number of anilines is 1. The van der Waals surface area contributed by atoms with Crippen molar-refractivity contribution in [1.82, 2.24) is 4.31 Å². The van der Waals surface area contributed by atoms with E-state index in [0.29, 0.717) is 30.8 Å². The fourth-order valence-electron chi connectivity index (χ4n) is 3.14. The van der Waals surface area contributed by atoms with Gasteiger partial charge in [-0.1, -0.05) is 17.7 Å². The van der Waals surface area contributed by atoms with Gasteiger partial charge in [-0.25, -0.2) is 12.8 Å². The Morgan fingerprint density at radius 1 is 1.29 bits per heavy atom. The Morgan fingerprint density at radius 2 is 2.07 bits per heavy atom. The predicted molar refractivity (Wildman–Crippen MR) is 105 cm³/mol. The molecule has 0 spiro atoms. The molecule has 28 heavy (non-hydrogen) atoms. The van der Waals surface area contributed by atoms with Gasteiger partial charge in [0.1, 0.15) is 11.6 Å². The standard InChI is InChI=1S/C19H20ClFN2O4S/c1-27-18-8-7-16(11-17(18)20)28(25,26)23-9-3-4-13(12-23)19(24)22-15-6-2-5-14(21)10-15/h2,5-8,10-11,13H,3-4,9,12H2,1H3,(H,22,24)/t13-/m1/s1. The van der Waals surface area contributed by atoms with Crippen LogP contribution in [-0.2, 0) is 14.8 Å². The van der Waals surface area contributed by atoms with Crippen LogP contribution < -0.4 is 10.1 Å². The molecule has 2 aromatic carbocycles. The van der Waals surface area contributed by atoms with Crippen molar-refractivity contribution in [2.45, 2.75) is 17.7 Å². The normalized spacial score (nSPS) is 17.9. The summed E-state index contributed by atoms with van der Waals surface area (Å²) in [6.45, 7) is 0.364. The number of benzene rings is 2. The lowest BCUT2D eigenvalue weighted by molar-refractivity contribution is -0.120. The Morgan fingerprint density at radius 3 is 2.75 bits per heavy atom. The minimum atomic E-state index is -3.80. The van der Waals surface area contributed by atoms with Gasteiger partial charge in [0, 0.05) is 18.8 Å². The van der Waals surface area contributed by atoms with Crippen LogP contribution in [0.1, 0.15) is 12.8 Å². The number of nitrogens with one attached hydrogen (secondary N) is 1. The van der Waals surface area contributed by atoms with E-state index in [1.165, 1.54) is 47.8 Å². The fourth-order valence-corrected chi connectivity index (χ4v) is 5.01. The van der Waals surface area contributed by atoms with Crippen molar-refractivity contribution in [2.24, 2.45) is 5.92 Å². The lowest BCUT2D eigenvalue weighted by Crippen LogP contribution is -2.43. The van der Waals surface area contributed by atoms with Crippen LogP contribution >= 0.6 is 11.6 Å². The van der Waals surface area contributed by atoms with Crippen molar-refractivity contribution in [3.05, 3.63) is 53.3 Å². The molecule has 0 unspecified atom stereocenters. The van der Waals surface area contributed by atoms with Crippen molar-refractivity contribution in [3.63, 3.8) is 0 Å². The van der Waals surface area contributed by atoms with Gasteiger partial charge in [0.2, 0.25) is 15.9 Å². The molecule has 150 valence electrons. The summed E-state index contributed by atoms with van der Waals surface area (Å²) < 4.78 is 45.5. The Balaban J connectivity index is 1.74. The molecule has 0 bridgehead atoms. The fraction of sp³-hybridized carbons (Fsp3) is 0.316. The summed E-state index contributed by atoms with van der Waals surface area (Å²) in [5.41, 5.74) is 0.340. The quantitative estimate of drug-likeness (QED) is 0.793. The third-order valence-corrected chi connectivity index (χ3v) is 6.76. The Kier molecular flexibility index (Phi) is 6.22. The first kappa shape index (κ1) is 20.6. The summed E-state index contributed by atoms with van der Waals surface area (Å²) in [6.07, 6.45) is 1.10. The lowest BCUT2D eigenvalue weighted by Gasteiger charge is -2.31. The van der Waals surface area contributed by atoms with E-state index in [1.807, 2.05) is 0 Å². The zero-order valence-corrected chi connectivity index (χ0v) is 16.8. The van der Waals surface area contributed by atoms with Crippen molar-refractivity contribution in [3.8, 4) is 5.75 Å². The van der Waals surface area contributed by atoms with E-state index in [2.05, 4.69) is 5.32 Å². The molecule has 1 aliphatic rings. The first-order chi connectivity index (χ1) is 13.3. The third kappa shape index (κ3) is 4.45. The van der Waals surface area contributed by atoms with Crippen LogP contribution in [0, 0.1) is 11.7 Å². The molecule has 0 aliphatic carbocycles. The summed E-state index contributed by atoms with van der Waals surface area (Å²) in [5, 5.41) is 2.85. The van der Waals surface area contributed by atoms with E-state index in [-0.39, 0.29) is 22.4 Å². The highest BCUT2D eigenvalue weighted by atomic mass is 35.5. The minimum Gasteiger partial charge on any atom is -0.495 e. The van der Waals surface area contributed by atoms with Gasteiger partial charge >= 0.3 is 0 Å². The maximum absolute atomic E-state index is 13.3. The number of piperidine rings is 1. The van der Waals surface area contributed by atoms with Crippen LogP contribution in [0.5, 0.6) is 5.75 Å². The highest BCUT2D eigenvalue weighted by molar-refractivity contribution is 7.89. The number of sulfonamides is 1. The molecule has 0 aromatic heterocycles. The van der Waals surface area contributed by atoms with Gasteiger partial charge in [0.05, 0.1) is 22.9 Å². The maximum atomic E-state index is 13.3. The van der Waals surface area contributed by atoms with Crippen LogP contribution in [0.4, 0.5) is 10.1 Å². The summed E-state index contributed by atoms with van der Waals surface area (Å²) in [5.74, 6) is -0.938. The second kappa shape index (κ2) is 8.46. The highest BCUT2D eigenvalue weighted by Crippen LogP contribution is 2.30. The highest BCUT2D eigenvalue weighted by Gasteiger charge is 2.33. The molecule has 1 atom stereocenters. The van der Waals surface area contributed by atoms with Gasteiger partial charge in [-0.3, -0.25) is 4.79 Å². The van der Waals surface area contributed by atoms with Gasteiger partial charge in [0.15, 0.2) is 0 Å². The number of rotatable bonds is 5. The molecular formula is C19H20ClFN2O4S. The molecule has 0 radical (unpaired) electrons. The van der Waals surface area contributed by atoms with Gasteiger partial charge in [-0.2, -0.15) is 4.31 Å². The molecule has 0 saturated carbocycles. The number of carbonyl (C=O) groups excluding carboxylic acids is 1. The number of amides is 1. The second-order valence-electron chi connectivity index (χ2n) is 6.50. The molecule has 1 heterocycles. The number of hydrogen-bond donors (Lipinski definition) is 1. The third-order valence-electron chi connectivity index (χ3n) is 4.61. The molecule has 1 N–H and O–H groups in total. The van der Waals surface area contributed by atoms with Gasteiger partial charge < -0.3 is 10.1 Å². The zero-order valence-electron chi connectivity index (χ0n) is 15.2. The molecule has 1 amide bonds. The van der Waals surface area contributed by atoms with E-state index in [0.717, 1.165) is 0 Å². The average molecular weight is 427 g/mol. The Bertz CT molecular complexity index is 984. The molecule has 9 heteroatoms. The van der Waals surface area contributed by atoms with Gasteiger partial charge in [-0.05, 0) is 49.2 Å². The van der Waals surface area contributed by atoms with Crippen LogP contribution in [0.2, 0.25) is 5.02 Å². The van der Waals surface area contributed by atoms with E-state index in [9.17, 15) is 17.6 Å². The molecule has 1 saturated heterocycles. The molecule has 1 fully saturated rings. The molecular weight excluding hydrogens is 407 g/mol. The first-order valence-electron chi connectivity index (χ1n) is 8.71.